The summed E-state index contributed by atoms with van der Waals surface area (Å²) < 4.78 is 5.16. The van der Waals surface area contributed by atoms with Crippen molar-refractivity contribution in [3.8, 4) is 0 Å². The van der Waals surface area contributed by atoms with E-state index in [9.17, 15) is 9.90 Å². The number of benzene rings is 1. The van der Waals surface area contributed by atoms with Crippen LogP contribution in [0.3, 0.4) is 0 Å². The Balaban J connectivity index is 1.53. The van der Waals surface area contributed by atoms with Crippen LogP contribution in [0.2, 0.25) is 0 Å². The van der Waals surface area contributed by atoms with Gasteiger partial charge in [0.2, 0.25) is 0 Å². The van der Waals surface area contributed by atoms with Crippen molar-refractivity contribution in [2.24, 2.45) is 0 Å². The lowest BCUT2D eigenvalue weighted by Crippen LogP contribution is -2.28. The average Bonchev–Trinajstić information content (AvgIpc) is 3.24. The third-order valence-electron chi connectivity index (χ3n) is 5.39. The van der Waals surface area contributed by atoms with Crippen LogP contribution in [-0.2, 0) is 11.3 Å². The molecular weight excluding hydrogens is 402 g/mol. The van der Waals surface area contributed by atoms with E-state index in [2.05, 4.69) is 52.7 Å². The molecule has 4 nitrogen and oxygen atoms in total. The first-order chi connectivity index (χ1) is 14.2. The second kappa shape index (κ2) is 9.55. The molecule has 0 spiro atoms. The van der Waals surface area contributed by atoms with Gasteiger partial charge in [-0.15, -0.1) is 23.1 Å². The molecule has 0 amide bonds. The van der Waals surface area contributed by atoms with Crippen molar-refractivity contribution in [2.45, 2.75) is 43.4 Å². The zero-order chi connectivity index (χ0) is 20.1. The Hall–Kier alpha value is -2.18. The molecule has 1 aromatic carbocycles. The minimum atomic E-state index is -1.26. The number of nitrogens with zero attached hydrogens (tertiary/aromatic N) is 1. The quantitative estimate of drug-likeness (QED) is 0.537. The summed E-state index contributed by atoms with van der Waals surface area (Å²) in [6.45, 7) is 1.53. The molecule has 2 atom stereocenters. The van der Waals surface area contributed by atoms with Gasteiger partial charge in [0.05, 0.1) is 6.54 Å². The number of hydrogen-bond donors (Lipinski definition) is 1. The summed E-state index contributed by atoms with van der Waals surface area (Å²) in [5, 5.41) is 12.7. The van der Waals surface area contributed by atoms with E-state index in [0.717, 1.165) is 31.0 Å². The maximum atomic E-state index is 11.3. The molecule has 2 aromatic rings. The molecule has 2 aliphatic rings. The molecule has 1 N–H and O–H groups in total. The second-order valence-electron chi connectivity index (χ2n) is 7.41. The Kier molecular flexibility index (Phi) is 6.62. The molecule has 2 heterocycles. The van der Waals surface area contributed by atoms with Crippen molar-refractivity contribution in [2.75, 3.05) is 6.54 Å². The lowest BCUT2D eigenvalue weighted by Gasteiger charge is -2.34. The Bertz CT molecular complexity index is 877. The number of carbonyl (C=O) groups is 1. The van der Waals surface area contributed by atoms with Crippen molar-refractivity contribution in [1.82, 2.24) is 4.90 Å². The maximum Gasteiger partial charge on any atom is 0.511 e. The lowest BCUT2D eigenvalue weighted by molar-refractivity contribution is 0.119. The molecule has 4 rings (SSSR count). The monoisotopic (exact) mass is 427 g/mol. The summed E-state index contributed by atoms with van der Waals surface area (Å²) in [5.41, 5.74) is 1.41. The number of carboxylic acid groups (broad SMARTS) is 1. The van der Waals surface area contributed by atoms with Gasteiger partial charge in [-0.25, -0.2) is 4.79 Å². The Morgan fingerprint density at radius 3 is 2.83 bits per heavy atom. The minimum absolute atomic E-state index is 0.451. The fourth-order valence-corrected chi connectivity index (χ4v) is 6.23. The van der Waals surface area contributed by atoms with E-state index in [1.165, 1.54) is 23.3 Å². The van der Waals surface area contributed by atoms with Crippen LogP contribution in [0.5, 0.6) is 0 Å². The molecule has 29 heavy (non-hydrogen) atoms. The normalized spacial score (nSPS) is 22.0. The predicted molar refractivity (Wildman–Crippen MR) is 119 cm³/mol. The summed E-state index contributed by atoms with van der Waals surface area (Å²) in [4.78, 5) is 14.7. The first-order valence-corrected chi connectivity index (χ1v) is 11.8. The number of thioether (sulfide) groups is 1. The van der Waals surface area contributed by atoms with Gasteiger partial charge >= 0.3 is 6.16 Å². The molecular formula is C23H25NO3S2. The lowest BCUT2D eigenvalue weighted by atomic mass is 9.84. The fourth-order valence-electron chi connectivity index (χ4n) is 4.07. The molecule has 152 valence electrons. The SMILES string of the molecule is O=C(O)OC1=C(SC2CCCC(c3ccccc3)C2)N(Cc2cccs2)CC=C1. The third-order valence-corrected chi connectivity index (χ3v) is 7.70. The molecule has 0 saturated heterocycles. The Morgan fingerprint density at radius 2 is 2.07 bits per heavy atom. The van der Waals surface area contributed by atoms with Crippen LogP contribution >= 0.6 is 23.1 Å². The molecule has 0 bridgehead atoms. The molecule has 1 aliphatic heterocycles. The van der Waals surface area contributed by atoms with Crippen molar-refractivity contribution in [1.29, 1.82) is 0 Å². The minimum Gasteiger partial charge on any atom is -0.449 e. The van der Waals surface area contributed by atoms with Crippen LogP contribution < -0.4 is 0 Å². The van der Waals surface area contributed by atoms with Gasteiger partial charge in [-0.1, -0.05) is 48.9 Å². The van der Waals surface area contributed by atoms with Gasteiger partial charge in [0.1, 0.15) is 5.03 Å². The Labute approximate surface area is 179 Å². The highest BCUT2D eigenvalue weighted by Gasteiger charge is 2.29. The van der Waals surface area contributed by atoms with E-state index in [-0.39, 0.29) is 0 Å². The molecule has 1 fully saturated rings. The standard InChI is InChI=1S/C23H25NO3S2/c25-23(26)27-21-12-5-13-24(16-20-11-6-14-28-20)22(21)29-19-10-4-9-18(15-19)17-7-2-1-3-8-17/h1-3,5-8,11-12,14,18-19H,4,9-10,13,15-16H2,(H,25,26). The van der Waals surface area contributed by atoms with Crippen molar-refractivity contribution in [3.63, 3.8) is 0 Å². The van der Waals surface area contributed by atoms with Crippen LogP contribution in [0.25, 0.3) is 0 Å². The summed E-state index contributed by atoms with van der Waals surface area (Å²) in [7, 11) is 0. The fraction of sp³-hybridized carbons (Fsp3) is 0.348. The van der Waals surface area contributed by atoms with Crippen molar-refractivity contribution < 1.29 is 14.6 Å². The van der Waals surface area contributed by atoms with Gasteiger partial charge in [-0.3, -0.25) is 0 Å². The third kappa shape index (κ3) is 5.25. The smallest absolute Gasteiger partial charge is 0.449 e. The largest absolute Gasteiger partial charge is 0.511 e. The van der Waals surface area contributed by atoms with Gasteiger partial charge in [0.25, 0.3) is 0 Å². The zero-order valence-corrected chi connectivity index (χ0v) is 17.8. The molecule has 6 heteroatoms. The van der Waals surface area contributed by atoms with Crippen LogP contribution in [0.1, 0.15) is 42.0 Å². The first-order valence-electron chi connectivity index (χ1n) is 9.99. The molecule has 0 radical (unpaired) electrons. The number of allylic oxidation sites excluding steroid dienone is 1. The summed E-state index contributed by atoms with van der Waals surface area (Å²) in [6.07, 6.45) is 7.19. The highest BCUT2D eigenvalue weighted by atomic mass is 32.2. The highest BCUT2D eigenvalue weighted by Crippen LogP contribution is 2.43. The van der Waals surface area contributed by atoms with Crippen LogP contribution in [-0.4, -0.2) is 28.0 Å². The van der Waals surface area contributed by atoms with E-state index >= 15 is 0 Å². The van der Waals surface area contributed by atoms with E-state index in [1.54, 1.807) is 29.2 Å². The van der Waals surface area contributed by atoms with E-state index in [0.29, 0.717) is 16.9 Å². The second-order valence-corrected chi connectivity index (χ2v) is 9.74. The topological polar surface area (TPSA) is 49.8 Å². The number of thiophene rings is 1. The summed E-state index contributed by atoms with van der Waals surface area (Å²) in [5.74, 6) is 1.02. The van der Waals surface area contributed by atoms with Gasteiger partial charge in [-0.05, 0) is 48.3 Å². The van der Waals surface area contributed by atoms with Crippen molar-refractivity contribution in [3.05, 3.63) is 81.2 Å². The first kappa shape index (κ1) is 20.1. The van der Waals surface area contributed by atoms with Crippen LogP contribution in [0, 0.1) is 0 Å². The van der Waals surface area contributed by atoms with E-state index in [1.807, 2.05) is 6.08 Å². The van der Waals surface area contributed by atoms with Gasteiger partial charge in [-0.2, -0.15) is 0 Å². The highest BCUT2D eigenvalue weighted by molar-refractivity contribution is 8.03. The van der Waals surface area contributed by atoms with Gasteiger partial charge in [0, 0.05) is 16.7 Å². The van der Waals surface area contributed by atoms with Gasteiger partial charge < -0.3 is 14.7 Å². The molecule has 2 unspecified atom stereocenters. The zero-order valence-electron chi connectivity index (χ0n) is 16.2. The van der Waals surface area contributed by atoms with E-state index in [4.69, 9.17) is 4.74 Å². The predicted octanol–water partition coefficient (Wildman–Crippen LogP) is 6.44. The summed E-state index contributed by atoms with van der Waals surface area (Å²) >= 11 is 3.51. The number of rotatable bonds is 6. The Morgan fingerprint density at radius 1 is 1.21 bits per heavy atom. The van der Waals surface area contributed by atoms with Crippen LogP contribution in [0.4, 0.5) is 4.79 Å². The average molecular weight is 428 g/mol. The molecule has 1 aromatic heterocycles. The number of ether oxygens (including phenoxy) is 1. The number of hydrogen-bond acceptors (Lipinski definition) is 5. The maximum absolute atomic E-state index is 11.3. The van der Waals surface area contributed by atoms with Gasteiger partial charge in [0.15, 0.2) is 5.76 Å². The molecule has 1 saturated carbocycles. The van der Waals surface area contributed by atoms with Crippen molar-refractivity contribution >= 4 is 29.3 Å². The van der Waals surface area contributed by atoms with E-state index < -0.39 is 6.16 Å². The molecule has 1 aliphatic carbocycles. The summed E-state index contributed by atoms with van der Waals surface area (Å²) in [6, 6.07) is 14.9. The van der Waals surface area contributed by atoms with Crippen LogP contribution in [0.15, 0.2) is 70.8 Å².